The first-order valence-corrected chi connectivity index (χ1v) is 9.68. The molecule has 2 unspecified atom stereocenters. The Hall–Kier alpha value is -1.85. The van der Waals surface area contributed by atoms with E-state index in [0.717, 1.165) is 24.8 Å². The van der Waals surface area contributed by atoms with Crippen LogP contribution in [0.25, 0.3) is 6.08 Å². The van der Waals surface area contributed by atoms with Crippen LogP contribution in [0.15, 0.2) is 36.4 Å². The normalized spacial score (nSPS) is 13.7. The van der Waals surface area contributed by atoms with Gasteiger partial charge in [-0.05, 0) is 12.0 Å². The van der Waals surface area contributed by atoms with Crippen LogP contribution in [0.4, 0.5) is 4.79 Å². The lowest BCUT2D eigenvalue weighted by Gasteiger charge is -2.31. The highest BCUT2D eigenvalue weighted by atomic mass is 16.3. The molecule has 5 heteroatoms. The van der Waals surface area contributed by atoms with Crippen LogP contribution in [-0.4, -0.2) is 46.4 Å². The van der Waals surface area contributed by atoms with Gasteiger partial charge in [0.2, 0.25) is 0 Å². The molecule has 0 bridgehead atoms. The van der Waals surface area contributed by atoms with Gasteiger partial charge in [0.05, 0.1) is 18.8 Å². The maximum absolute atomic E-state index is 11.8. The number of nitrogens with zero attached hydrogens (tertiary/aromatic N) is 1. The van der Waals surface area contributed by atoms with Crippen LogP contribution in [-0.2, 0) is 0 Å². The van der Waals surface area contributed by atoms with Crippen LogP contribution in [0.1, 0.15) is 57.4 Å². The summed E-state index contributed by atoms with van der Waals surface area (Å²) in [5, 5.41) is 20.1. The van der Waals surface area contributed by atoms with Crippen LogP contribution in [0, 0.1) is 0 Å². The Morgan fingerprint density at radius 1 is 1.12 bits per heavy atom. The van der Waals surface area contributed by atoms with E-state index < -0.39 is 18.2 Å². The van der Waals surface area contributed by atoms with E-state index in [-0.39, 0.29) is 6.61 Å². The van der Waals surface area contributed by atoms with Crippen molar-refractivity contribution in [3.63, 3.8) is 0 Å². The maximum Gasteiger partial charge on any atom is 0.315 e. The summed E-state index contributed by atoms with van der Waals surface area (Å²) in [6.45, 7) is 2.31. The molecule has 0 spiro atoms. The van der Waals surface area contributed by atoms with E-state index in [0.29, 0.717) is 6.54 Å². The van der Waals surface area contributed by atoms with Crippen molar-refractivity contribution in [3.8, 4) is 0 Å². The number of aliphatic hydroxyl groups excluding tert-OH is 2. The molecule has 1 rings (SSSR count). The first kappa shape index (κ1) is 22.2. The first-order chi connectivity index (χ1) is 12.6. The number of amides is 2. The van der Waals surface area contributed by atoms with E-state index >= 15 is 0 Å². The molecule has 2 atom stereocenters. The fraction of sp³-hybridized carbons (Fsp3) is 0.571. The van der Waals surface area contributed by atoms with Crippen molar-refractivity contribution in [2.45, 2.75) is 64.0 Å². The number of nitrogens with two attached hydrogens (primary N) is 1. The molecule has 26 heavy (non-hydrogen) atoms. The molecule has 0 saturated heterocycles. The van der Waals surface area contributed by atoms with Gasteiger partial charge in [-0.3, -0.25) is 0 Å². The fourth-order valence-electron chi connectivity index (χ4n) is 2.97. The quantitative estimate of drug-likeness (QED) is 0.469. The smallest absolute Gasteiger partial charge is 0.315 e. The minimum atomic E-state index is -0.975. The van der Waals surface area contributed by atoms with Crippen LogP contribution in [0.5, 0.6) is 0 Å². The molecule has 4 N–H and O–H groups in total. The molecule has 5 nitrogen and oxygen atoms in total. The Morgan fingerprint density at radius 2 is 1.73 bits per heavy atom. The Balaban J connectivity index is 2.52. The van der Waals surface area contributed by atoms with Crippen molar-refractivity contribution in [1.82, 2.24) is 4.90 Å². The molecule has 0 aliphatic rings. The lowest BCUT2D eigenvalue weighted by molar-refractivity contribution is 0.0591. The second-order valence-corrected chi connectivity index (χ2v) is 6.66. The minimum absolute atomic E-state index is 0.334. The van der Waals surface area contributed by atoms with Crippen LogP contribution in [0.3, 0.4) is 0 Å². The first-order valence-electron chi connectivity index (χ1n) is 9.68. The highest BCUT2D eigenvalue weighted by Crippen LogP contribution is 2.12. The molecular weight excluding hydrogens is 328 g/mol. The highest BCUT2D eigenvalue weighted by molar-refractivity contribution is 5.72. The molecule has 0 aliphatic carbocycles. The number of carbonyl (C=O) groups excluding carboxylic acids is 1. The number of carbonyl (C=O) groups is 1. The molecule has 1 aromatic carbocycles. The van der Waals surface area contributed by atoms with E-state index in [1.165, 1.54) is 30.6 Å². The Kier molecular flexibility index (Phi) is 11.4. The summed E-state index contributed by atoms with van der Waals surface area (Å²) in [5.41, 5.74) is 6.42. The van der Waals surface area contributed by atoms with Crippen molar-refractivity contribution in [2.75, 3.05) is 13.2 Å². The van der Waals surface area contributed by atoms with Crippen molar-refractivity contribution < 1.29 is 15.0 Å². The van der Waals surface area contributed by atoms with Gasteiger partial charge in [-0.25, -0.2) is 4.79 Å². The molecule has 0 radical (unpaired) electrons. The second kappa shape index (κ2) is 13.4. The van der Waals surface area contributed by atoms with E-state index in [9.17, 15) is 15.0 Å². The van der Waals surface area contributed by atoms with Gasteiger partial charge in [0.25, 0.3) is 0 Å². The van der Waals surface area contributed by atoms with Gasteiger partial charge in [0.15, 0.2) is 0 Å². The lowest BCUT2D eigenvalue weighted by Crippen LogP contribution is -2.51. The van der Waals surface area contributed by atoms with E-state index in [2.05, 4.69) is 6.92 Å². The summed E-state index contributed by atoms with van der Waals surface area (Å²) < 4.78 is 0. The van der Waals surface area contributed by atoms with E-state index in [1.54, 1.807) is 12.2 Å². The molecule has 0 aromatic heterocycles. The van der Waals surface area contributed by atoms with Crippen molar-refractivity contribution >= 4 is 12.1 Å². The minimum Gasteiger partial charge on any atom is -0.394 e. The SMILES string of the molecule is CCCCCCCCCN(C(N)=O)C(CO)C(O)/C=C/c1ccccc1. The number of hydrogen-bond donors (Lipinski definition) is 3. The predicted octanol–water partition coefficient (Wildman–Crippen LogP) is 3.55. The third-order valence-electron chi connectivity index (χ3n) is 4.55. The van der Waals surface area contributed by atoms with Gasteiger partial charge in [-0.15, -0.1) is 0 Å². The average Bonchev–Trinajstić information content (AvgIpc) is 2.65. The van der Waals surface area contributed by atoms with Gasteiger partial charge in [0, 0.05) is 6.54 Å². The highest BCUT2D eigenvalue weighted by Gasteiger charge is 2.26. The van der Waals surface area contributed by atoms with Gasteiger partial charge >= 0.3 is 6.03 Å². The average molecular weight is 363 g/mol. The van der Waals surface area contributed by atoms with Crippen LogP contribution < -0.4 is 5.73 Å². The third-order valence-corrected chi connectivity index (χ3v) is 4.55. The van der Waals surface area contributed by atoms with Crippen molar-refractivity contribution in [2.24, 2.45) is 5.73 Å². The summed E-state index contributed by atoms with van der Waals surface area (Å²) in [6.07, 6.45) is 10.3. The molecule has 146 valence electrons. The van der Waals surface area contributed by atoms with E-state index in [4.69, 9.17) is 5.73 Å². The van der Waals surface area contributed by atoms with Crippen LogP contribution >= 0.6 is 0 Å². The van der Waals surface area contributed by atoms with Crippen molar-refractivity contribution in [1.29, 1.82) is 0 Å². The molecule has 2 amide bonds. The lowest BCUT2D eigenvalue weighted by atomic mass is 10.1. The van der Waals surface area contributed by atoms with Gasteiger partial charge in [-0.1, -0.05) is 87.9 Å². The predicted molar refractivity (Wildman–Crippen MR) is 107 cm³/mol. The summed E-state index contributed by atoms with van der Waals surface area (Å²) in [4.78, 5) is 13.2. The largest absolute Gasteiger partial charge is 0.394 e. The Labute approximate surface area is 157 Å². The Morgan fingerprint density at radius 3 is 2.31 bits per heavy atom. The van der Waals surface area contributed by atoms with E-state index in [1.807, 2.05) is 30.3 Å². The Bertz CT molecular complexity index is 519. The fourth-order valence-corrected chi connectivity index (χ4v) is 2.97. The number of rotatable bonds is 13. The summed E-state index contributed by atoms with van der Waals surface area (Å²) >= 11 is 0. The molecule has 0 aliphatic heterocycles. The number of benzene rings is 1. The monoisotopic (exact) mass is 362 g/mol. The standard InChI is InChI=1S/C21H34N2O3/c1-2-3-4-5-6-7-11-16-23(21(22)26)19(17-24)20(25)15-14-18-12-9-8-10-13-18/h8-10,12-15,19-20,24-25H,2-7,11,16-17H2,1H3,(H2,22,26)/b15-14+. The second-order valence-electron chi connectivity index (χ2n) is 6.66. The zero-order chi connectivity index (χ0) is 19.2. The molecule has 0 saturated carbocycles. The van der Waals surface area contributed by atoms with Crippen LogP contribution in [0.2, 0.25) is 0 Å². The zero-order valence-corrected chi connectivity index (χ0v) is 15.9. The number of urea groups is 1. The topological polar surface area (TPSA) is 86.8 Å². The molecule has 0 fully saturated rings. The van der Waals surface area contributed by atoms with Gasteiger partial charge < -0.3 is 20.8 Å². The number of primary amides is 1. The molecule has 0 heterocycles. The zero-order valence-electron chi connectivity index (χ0n) is 15.9. The van der Waals surface area contributed by atoms with Gasteiger partial charge in [-0.2, -0.15) is 0 Å². The molecule has 1 aromatic rings. The van der Waals surface area contributed by atoms with Crippen molar-refractivity contribution in [3.05, 3.63) is 42.0 Å². The summed E-state index contributed by atoms with van der Waals surface area (Å²) in [6, 6.07) is 8.23. The third kappa shape index (κ3) is 8.50. The van der Waals surface area contributed by atoms with Gasteiger partial charge in [0.1, 0.15) is 0 Å². The number of hydrogen-bond acceptors (Lipinski definition) is 3. The number of aliphatic hydroxyl groups is 2. The summed E-state index contributed by atoms with van der Waals surface area (Å²) in [7, 11) is 0. The molecular formula is C21H34N2O3. The summed E-state index contributed by atoms with van der Waals surface area (Å²) in [5.74, 6) is 0. The maximum atomic E-state index is 11.8. The number of unbranched alkanes of at least 4 members (excludes halogenated alkanes) is 6.